The largest absolute Gasteiger partial charge is 0.245 e. The number of para-hydroxylation sites is 1. The van der Waals surface area contributed by atoms with Crippen molar-refractivity contribution >= 4 is 43.5 Å². The Morgan fingerprint density at radius 2 is 0.846 bits per heavy atom. The number of benzene rings is 7. The van der Waals surface area contributed by atoms with Crippen LogP contribution < -0.4 is 0 Å². The number of rotatable bonds is 5. The summed E-state index contributed by atoms with van der Waals surface area (Å²) >= 11 is 0. The SMILES string of the molecule is c1ccc(-c2cc(-c3ccc4cc(-c5ccc6ccc7c(-c8ccccc8)c8ccccc8nc7c6n5)ccc4c3)nc(-c3ccccc3)n2)cc1. The molecule has 0 atom stereocenters. The molecule has 0 bridgehead atoms. The van der Waals surface area contributed by atoms with Crippen molar-refractivity contribution in [3.63, 3.8) is 0 Å². The summed E-state index contributed by atoms with van der Waals surface area (Å²) in [7, 11) is 0. The maximum atomic E-state index is 5.28. The molecule has 0 saturated heterocycles. The Kier molecular flexibility index (Phi) is 7.10. The lowest BCUT2D eigenvalue weighted by molar-refractivity contribution is 1.18. The first-order valence-corrected chi connectivity index (χ1v) is 17.5. The van der Waals surface area contributed by atoms with Crippen LogP contribution in [0, 0.1) is 0 Å². The highest BCUT2D eigenvalue weighted by atomic mass is 14.9. The van der Waals surface area contributed by atoms with Crippen LogP contribution in [0.1, 0.15) is 0 Å². The van der Waals surface area contributed by atoms with E-state index in [0.717, 1.165) is 82.8 Å². The number of hydrogen-bond acceptors (Lipinski definition) is 4. The van der Waals surface area contributed by atoms with Gasteiger partial charge in [0.15, 0.2) is 5.82 Å². The molecule has 242 valence electrons. The summed E-state index contributed by atoms with van der Waals surface area (Å²) < 4.78 is 0. The quantitative estimate of drug-likeness (QED) is 0.136. The van der Waals surface area contributed by atoms with Gasteiger partial charge in [-0.3, -0.25) is 0 Å². The third-order valence-corrected chi connectivity index (χ3v) is 9.83. The van der Waals surface area contributed by atoms with Gasteiger partial charge in [-0.15, -0.1) is 0 Å². The second kappa shape index (κ2) is 12.4. The van der Waals surface area contributed by atoms with E-state index in [9.17, 15) is 0 Å². The number of fused-ring (bicyclic) bond motifs is 5. The second-order valence-electron chi connectivity index (χ2n) is 13.1. The van der Waals surface area contributed by atoms with E-state index in [2.05, 4.69) is 146 Å². The van der Waals surface area contributed by atoms with Gasteiger partial charge >= 0.3 is 0 Å². The van der Waals surface area contributed by atoms with Crippen molar-refractivity contribution in [1.29, 1.82) is 0 Å². The van der Waals surface area contributed by atoms with Crippen LogP contribution in [0.4, 0.5) is 0 Å². The minimum Gasteiger partial charge on any atom is -0.245 e. The number of pyridine rings is 2. The van der Waals surface area contributed by atoms with Crippen LogP contribution in [-0.2, 0) is 0 Å². The molecule has 7 aromatic carbocycles. The molecule has 0 spiro atoms. The molecule has 0 aliphatic carbocycles. The third kappa shape index (κ3) is 5.26. The zero-order chi connectivity index (χ0) is 34.4. The molecular formula is C48H30N4. The molecular weight excluding hydrogens is 633 g/mol. The van der Waals surface area contributed by atoms with Crippen molar-refractivity contribution in [2.24, 2.45) is 0 Å². The van der Waals surface area contributed by atoms with Crippen LogP contribution in [0.15, 0.2) is 182 Å². The smallest absolute Gasteiger partial charge is 0.160 e. The van der Waals surface area contributed by atoms with Crippen LogP contribution in [0.3, 0.4) is 0 Å². The van der Waals surface area contributed by atoms with Crippen molar-refractivity contribution < 1.29 is 0 Å². The highest BCUT2D eigenvalue weighted by molar-refractivity contribution is 6.16. The van der Waals surface area contributed by atoms with Gasteiger partial charge in [0.1, 0.15) is 0 Å². The van der Waals surface area contributed by atoms with Gasteiger partial charge in [-0.2, -0.15) is 0 Å². The lowest BCUT2D eigenvalue weighted by atomic mass is 9.95. The minimum atomic E-state index is 0.709. The first-order valence-electron chi connectivity index (χ1n) is 17.5. The molecule has 3 aromatic heterocycles. The predicted molar refractivity (Wildman–Crippen MR) is 215 cm³/mol. The average molecular weight is 663 g/mol. The van der Waals surface area contributed by atoms with E-state index in [1.807, 2.05) is 36.4 Å². The predicted octanol–water partition coefficient (Wildman–Crippen LogP) is 12.2. The van der Waals surface area contributed by atoms with E-state index in [4.69, 9.17) is 19.9 Å². The van der Waals surface area contributed by atoms with E-state index < -0.39 is 0 Å². The summed E-state index contributed by atoms with van der Waals surface area (Å²) in [6.45, 7) is 0. The summed E-state index contributed by atoms with van der Waals surface area (Å²) in [5.74, 6) is 0.709. The average Bonchev–Trinajstić information content (AvgIpc) is 3.23. The Morgan fingerprint density at radius 1 is 0.288 bits per heavy atom. The molecule has 4 nitrogen and oxygen atoms in total. The van der Waals surface area contributed by atoms with Crippen molar-refractivity contribution in [1.82, 2.24) is 19.9 Å². The van der Waals surface area contributed by atoms with Gasteiger partial charge in [0, 0.05) is 44.0 Å². The Bertz CT molecular complexity index is 2880. The molecule has 0 N–H and O–H groups in total. The number of nitrogens with zero attached hydrogens (tertiary/aromatic N) is 4. The summed E-state index contributed by atoms with van der Waals surface area (Å²) in [6.07, 6.45) is 0. The standard InChI is InChI=1S/C48H30N4/c1-4-12-31(13-5-1)43-30-44(52-48(51-43)34-16-8-3-9-17-34)38-23-21-35-28-37(22-20-36(35)29-38)41-27-25-33-24-26-40-45(32-14-6-2-7-15-32)39-18-10-11-19-42(39)50-47(40)46(33)49-41/h1-30H. The van der Waals surface area contributed by atoms with Gasteiger partial charge in [0.25, 0.3) is 0 Å². The Morgan fingerprint density at radius 3 is 1.56 bits per heavy atom. The molecule has 4 heteroatoms. The Labute approximate surface area is 300 Å². The molecule has 0 aliphatic rings. The van der Waals surface area contributed by atoms with E-state index in [1.165, 1.54) is 11.1 Å². The van der Waals surface area contributed by atoms with Gasteiger partial charge in [-0.1, -0.05) is 152 Å². The van der Waals surface area contributed by atoms with E-state index in [-0.39, 0.29) is 0 Å². The van der Waals surface area contributed by atoms with Crippen molar-refractivity contribution in [3.8, 4) is 56.3 Å². The summed E-state index contributed by atoms with van der Waals surface area (Å²) in [4.78, 5) is 20.5. The van der Waals surface area contributed by atoms with Crippen LogP contribution in [0.5, 0.6) is 0 Å². The lowest BCUT2D eigenvalue weighted by Crippen LogP contribution is -1.96. The molecule has 0 saturated carbocycles. The van der Waals surface area contributed by atoms with Crippen molar-refractivity contribution in [3.05, 3.63) is 182 Å². The Hall–Kier alpha value is -7.04. The highest BCUT2D eigenvalue weighted by Crippen LogP contribution is 2.38. The number of hydrogen-bond donors (Lipinski definition) is 0. The molecule has 0 amide bonds. The van der Waals surface area contributed by atoms with Crippen LogP contribution in [-0.4, -0.2) is 19.9 Å². The molecule has 0 radical (unpaired) electrons. The van der Waals surface area contributed by atoms with Crippen molar-refractivity contribution in [2.75, 3.05) is 0 Å². The third-order valence-electron chi connectivity index (χ3n) is 9.83. The Balaban J connectivity index is 1.08. The zero-order valence-corrected chi connectivity index (χ0v) is 28.1. The molecule has 0 unspecified atom stereocenters. The van der Waals surface area contributed by atoms with Crippen LogP contribution in [0.2, 0.25) is 0 Å². The van der Waals surface area contributed by atoms with E-state index >= 15 is 0 Å². The highest BCUT2D eigenvalue weighted by Gasteiger charge is 2.16. The first kappa shape index (κ1) is 29.8. The number of aromatic nitrogens is 4. The minimum absolute atomic E-state index is 0.709. The maximum absolute atomic E-state index is 5.28. The van der Waals surface area contributed by atoms with E-state index in [1.54, 1.807) is 0 Å². The van der Waals surface area contributed by atoms with Gasteiger partial charge in [-0.05, 0) is 46.7 Å². The van der Waals surface area contributed by atoms with Crippen molar-refractivity contribution in [2.45, 2.75) is 0 Å². The van der Waals surface area contributed by atoms with Gasteiger partial charge in [-0.25, -0.2) is 19.9 Å². The van der Waals surface area contributed by atoms with Crippen LogP contribution >= 0.6 is 0 Å². The summed E-state index contributed by atoms with van der Waals surface area (Å²) in [6, 6.07) is 63.2. The van der Waals surface area contributed by atoms with Gasteiger partial charge in [0.05, 0.1) is 33.6 Å². The summed E-state index contributed by atoms with van der Waals surface area (Å²) in [5, 5.41) is 5.58. The molecule has 3 heterocycles. The maximum Gasteiger partial charge on any atom is 0.160 e. The molecule has 52 heavy (non-hydrogen) atoms. The molecule has 0 fully saturated rings. The van der Waals surface area contributed by atoms with Gasteiger partial charge < -0.3 is 0 Å². The normalized spacial score (nSPS) is 11.5. The fraction of sp³-hybridized carbons (Fsp3) is 0. The summed E-state index contributed by atoms with van der Waals surface area (Å²) in [5.41, 5.74) is 12.0. The lowest BCUT2D eigenvalue weighted by Gasteiger charge is -2.13. The fourth-order valence-corrected chi connectivity index (χ4v) is 7.25. The second-order valence-corrected chi connectivity index (χ2v) is 13.1. The first-order chi connectivity index (χ1) is 25.7. The zero-order valence-electron chi connectivity index (χ0n) is 28.1. The topological polar surface area (TPSA) is 51.6 Å². The molecule has 10 aromatic rings. The van der Waals surface area contributed by atoms with Crippen LogP contribution in [0.25, 0.3) is 99.8 Å². The fourth-order valence-electron chi connectivity index (χ4n) is 7.25. The molecule has 0 aliphatic heterocycles. The monoisotopic (exact) mass is 662 g/mol. The molecule has 10 rings (SSSR count). The van der Waals surface area contributed by atoms with Gasteiger partial charge in [0.2, 0.25) is 0 Å². The van der Waals surface area contributed by atoms with E-state index in [0.29, 0.717) is 5.82 Å².